The van der Waals surface area contributed by atoms with Crippen molar-refractivity contribution in [2.75, 3.05) is 92.5 Å². The van der Waals surface area contributed by atoms with Gasteiger partial charge in [-0.3, -0.25) is 0 Å². The van der Waals surface area contributed by atoms with Crippen molar-refractivity contribution in [2.45, 2.75) is 42.7 Å². The van der Waals surface area contributed by atoms with Crippen LogP contribution in [0.5, 0.6) is 0 Å². The van der Waals surface area contributed by atoms with E-state index in [2.05, 4.69) is 0 Å². The molecule has 6 atom stereocenters. The van der Waals surface area contributed by atoms with Crippen LogP contribution in [0.15, 0.2) is 0 Å². The third kappa shape index (κ3) is 22.6. The first-order valence-electron chi connectivity index (χ1n) is 11.6. The lowest BCUT2D eigenvalue weighted by Crippen LogP contribution is -2.31. The third-order valence-corrected chi connectivity index (χ3v) is 4.14. The average molecular weight is 537 g/mol. The van der Waals surface area contributed by atoms with Gasteiger partial charge in [-0.05, 0) is 0 Å². The van der Waals surface area contributed by atoms with Gasteiger partial charge in [0.15, 0.2) is 0 Å². The molecular weight excluding hydrogens is 492 g/mol. The minimum Gasteiger partial charge on any atom is -0.394 e. The van der Waals surface area contributed by atoms with E-state index in [1.54, 1.807) is 0 Å². The van der Waals surface area contributed by atoms with Crippen molar-refractivity contribution in [3.63, 3.8) is 0 Å². The van der Waals surface area contributed by atoms with E-state index in [4.69, 9.17) is 48.8 Å². The summed E-state index contributed by atoms with van der Waals surface area (Å²) in [7, 11) is 0. The monoisotopic (exact) mass is 536 g/mol. The molecule has 0 aliphatic heterocycles. The van der Waals surface area contributed by atoms with Crippen LogP contribution in [0.3, 0.4) is 0 Å². The first kappa shape index (κ1) is 35.4. The van der Waals surface area contributed by atoms with Gasteiger partial charge < -0.3 is 74.4 Å². The molecule has 0 rings (SSSR count). The summed E-state index contributed by atoms with van der Waals surface area (Å²) in [6.07, 6.45) is -6.99. The highest BCUT2D eigenvalue weighted by molar-refractivity contribution is 4.60. The van der Waals surface area contributed by atoms with Crippen LogP contribution >= 0.6 is 0 Å². The molecule has 0 saturated carbocycles. The van der Waals surface area contributed by atoms with Crippen LogP contribution in [0.1, 0.15) is 0 Å². The summed E-state index contributed by atoms with van der Waals surface area (Å²) in [5, 5.41) is 84.1. The molecule has 6 unspecified atom stereocenters. The zero-order valence-corrected chi connectivity index (χ0v) is 20.4. The van der Waals surface area contributed by atoms with Crippen LogP contribution in [0.4, 0.5) is 0 Å². The summed E-state index contributed by atoms with van der Waals surface area (Å²) in [6, 6.07) is 0. The largest absolute Gasteiger partial charge is 0.394 e. The molecule has 0 fully saturated rings. The van der Waals surface area contributed by atoms with Crippen LogP contribution in [-0.2, 0) is 28.4 Å². The van der Waals surface area contributed by atoms with Gasteiger partial charge in [0.2, 0.25) is 0 Å². The van der Waals surface area contributed by atoms with Crippen LogP contribution in [0.25, 0.3) is 0 Å². The van der Waals surface area contributed by atoms with Crippen molar-refractivity contribution in [1.82, 2.24) is 0 Å². The van der Waals surface area contributed by atoms with Gasteiger partial charge in [0.25, 0.3) is 0 Å². The summed E-state index contributed by atoms with van der Waals surface area (Å²) in [6.45, 7) is -2.35. The Morgan fingerprint density at radius 3 is 0.556 bits per heavy atom. The number of aliphatic hydroxyl groups excluding tert-OH is 9. The van der Waals surface area contributed by atoms with Gasteiger partial charge in [0, 0.05) is 0 Å². The van der Waals surface area contributed by atoms with Crippen molar-refractivity contribution in [1.29, 1.82) is 0 Å². The summed E-state index contributed by atoms with van der Waals surface area (Å²) < 4.78 is 30.5. The molecule has 15 heteroatoms. The Bertz CT molecular complexity index is 435. The second-order valence-corrected chi connectivity index (χ2v) is 8.17. The molecule has 0 amide bonds. The summed E-state index contributed by atoms with van der Waals surface area (Å²) in [5.41, 5.74) is 0. The highest BCUT2D eigenvalue weighted by atomic mass is 16.5. The number of ether oxygens (including phenoxy) is 6. The fourth-order valence-electron chi connectivity index (χ4n) is 2.39. The van der Waals surface area contributed by atoms with E-state index in [9.17, 15) is 25.5 Å². The standard InChI is InChI=1S/C21H44O15/c22-1-15(24)3-31-5-17(26)7-33-9-19(28)11-35-13-21(30)14-36-12-20(29)10-34-8-18(27)6-32-4-16(25)2-23/h15-30H,1-14H2. The molecule has 0 aromatic carbocycles. The zero-order valence-electron chi connectivity index (χ0n) is 20.4. The highest BCUT2D eigenvalue weighted by Crippen LogP contribution is 1.97. The number of rotatable bonds is 26. The molecule has 0 spiro atoms. The predicted octanol–water partition coefficient (Wildman–Crippen LogP) is -5.40. The number of hydrogen-bond donors (Lipinski definition) is 9. The fraction of sp³-hybridized carbons (Fsp3) is 1.00. The van der Waals surface area contributed by atoms with Crippen molar-refractivity contribution in [3.05, 3.63) is 0 Å². The zero-order chi connectivity index (χ0) is 27.2. The Hall–Kier alpha value is -0.600. The van der Waals surface area contributed by atoms with Gasteiger partial charge in [0.1, 0.15) is 42.7 Å². The summed E-state index contributed by atoms with van der Waals surface area (Å²) in [4.78, 5) is 0. The number of aliphatic hydroxyl groups is 9. The summed E-state index contributed by atoms with van der Waals surface area (Å²) >= 11 is 0. The van der Waals surface area contributed by atoms with Gasteiger partial charge in [0.05, 0.1) is 92.5 Å². The molecule has 0 aromatic rings. The van der Waals surface area contributed by atoms with E-state index in [1.807, 2.05) is 0 Å². The van der Waals surface area contributed by atoms with Crippen LogP contribution in [0, 0.1) is 0 Å². The molecule has 0 saturated heterocycles. The van der Waals surface area contributed by atoms with Gasteiger partial charge in [-0.25, -0.2) is 0 Å². The Kier molecular flexibility index (Phi) is 23.1. The molecule has 0 aromatic heterocycles. The lowest BCUT2D eigenvalue weighted by Gasteiger charge is -2.17. The van der Waals surface area contributed by atoms with E-state index in [0.29, 0.717) is 0 Å². The normalized spacial score (nSPS) is 17.9. The van der Waals surface area contributed by atoms with Crippen molar-refractivity contribution >= 4 is 0 Å². The topological polar surface area (TPSA) is 237 Å². The molecule has 0 heterocycles. The van der Waals surface area contributed by atoms with Crippen molar-refractivity contribution in [2.24, 2.45) is 0 Å². The maximum atomic E-state index is 9.81. The highest BCUT2D eigenvalue weighted by Gasteiger charge is 2.13. The lowest BCUT2D eigenvalue weighted by atomic mass is 10.3. The third-order valence-electron chi connectivity index (χ3n) is 4.14. The van der Waals surface area contributed by atoms with Gasteiger partial charge in [-0.1, -0.05) is 0 Å². The lowest BCUT2D eigenvalue weighted by molar-refractivity contribution is -0.0863. The predicted molar refractivity (Wildman–Crippen MR) is 121 cm³/mol. The maximum Gasteiger partial charge on any atom is 0.101 e. The van der Waals surface area contributed by atoms with Gasteiger partial charge in [-0.15, -0.1) is 0 Å². The Balaban J connectivity index is 3.64. The average Bonchev–Trinajstić information content (AvgIpc) is 2.83. The first-order chi connectivity index (χ1) is 17.2. The van der Waals surface area contributed by atoms with Crippen molar-refractivity contribution in [3.8, 4) is 0 Å². The van der Waals surface area contributed by atoms with Gasteiger partial charge in [-0.2, -0.15) is 0 Å². The smallest absolute Gasteiger partial charge is 0.101 e. The minimum absolute atomic E-state index is 0.106. The fourth-order valence-corrected chi connectivity index (χ4v) is 2.39. The maximum absolute atomic E-state index is 9.81. The van der Waals surface area contributed by atoms with Crippen LogP contribution in [-0.4, -0.2) is 181 Å². The van der Waals surface area contributed by atoms with E-state index in [1.165, 1.54) is 0 Å². The van der Waals surface area contributed by atoms with Crippen molar-refractivity contribution < 1.29 is 74.4 Å². The molecule has 0 radical (unpaired) electrons. The van der Waals surface area contributed by atoms with Gasteiger partial charge >= 0.3 is 0 Å². The minimum atomic E-state index is -1.02. The molecule has 36 heavy (non-hydrogen) atoms. The Morgan fingerprint density at radius 1 is 0.278 bits per heavy atom. The SMILES string of the molecule is OCC(O)COCC(O)COCC(O)COCC(O)COCC(O)COCC(O)COCC(O)CO. The van der Waals surface area contributed by atoms with Crippen LogP contribution in [0.2, 0.25) is 0 Å². The molecule has 15 nitrogen and oxygen atoms in total. The van der Waals surface area contributed by atoms with E-state index in [0.717, 1.165) is 0 Å². The van der Waals surface area contributed by atoms with Crippen LogP contribution < -0.4 is 0 Å². The van der Waals surface area contributed by atoms with E-state index in [-0.39, 0.29) is 79.3 Å². The molecule has 9 N–H and O–H groups in total. The second kappa shape index (κ2) is 23.5. The molecule has 218 valence electrons. The molecule has 0 aliphatic rings. The first-order valence-corrected chi connectivity index (χ1v) is 11.6. The molecular formula is C21H44O15. The Morgan fingerprint density at radius 2 is 0.417 bits per heavy atom. The molecule has 0 aliphatic carbocycles. The Labute approximate surface area is 210 Å². The summed E-state index contributed by atoms with van der Waals surface area (Å²) in [5.74, 6) is 0. The number of hydrogen-bond acceptors (Lipinski definition) is 15. The van der Waals surface area contributed by atoms with E-state index >= 15 is 0 Å². The quantitative estimate of drug-likeness (QED) is 0.0501. The van der Waals surface area contributed by atoms with E-state index < -0.39 is 55.9 Å². The molecule has 0 bridgehead atoms. The second-order valence-electron chi connectivity index (χ2n) is 8.17.